The van der Waals surface area contributed by atoms with Crippen molar-refractivity contribution in [3.63, 3.8) is 0 Å². The van der Waals surface area contributed by atoms with Crippen molar-refractivity contribution >= 4 is 39.5 Å². The van der Waals surface area contributed by atoms with Crippen LogP contribution in [0.4, 0.5) is 5.69 Å². The summed E-state index contributed by atoms with van der Waals surface area (Å²) < 4.78 is 0. The normalized spacial score (nSPS) is 19.6. The molecule has 3 aromatic rings. The lowest BCUT2D eigenvalue weighted by atomic mass is 9.87. The number of H-pyrrole nitrogens is 1. The molecule has 2 N–H and O–H groups in total. The number of aromatic nitrogens is 1. The Balaban J connectivity index is 1.07. The summed E-state index contributed by atoms with van der Waals surface area (Å²) >= 11 is 1.75. The van der Waals surface area contributed by atoms with Gasteiger partial charge in [0.25, 0.3) is 5.91 Å². The molecule has 4 heterocycles. The SMILES string of the molecule is O=C(c1ccc2cc(C3=NNc4ccsc4C3)[nH]c2c1)N1CCN(CCC2CCCCC2)CC1. The zero-order valence-corrected chi connectivity index (χ0v) is 20.5. The summed E-state index contributed by atoms with van der Waals surface area (Å²) in [5.41, 5.74) is 8.03. The summed E-state index contributed by atoms with van der Waals surface area (Å²) in [7, 11) is 0. The number of carbonyl (C=O) groups is 1. The molecule has 2 fully saturated rings. The molecule has 7 heteroatoms. The highest BCUT2D eigenvalue weighted by Crippen LogP contribution is 2.29. The molecule has 34 heavy (non-hydrogen) atoms. The van der Waals surface area contributed by atoms with E-state index in [0.29, 0.717) is 0 Å². The molecule has 0 unspecified atom stereocenters. The number of amides is 1. The molecule has 0 spiro atoms. The van der Waals surface area contributed by atoms with Crippen LogP contribution >= 0.6 is 11.3 Å². The maximum absolute atomic E-state index is 13.2. The number of thiophene rings is 1. The highest BCUT2D eigenvalue weighted by atomic mass is 32.1. The average Bonchev–Trinajstić information content (AvgIpc) is 3.54. The van der Waals surface area contributed by atoms with Crippen molar-refractivity contribution < 1.29 is 4.79 Å². The minimum absolute atomic E-state index is 0.143. The largest absolute Gasteiger partial charge is 0.353 e. The zero-order valence-electron chi connectivity index (χ0n) is 19.7. The van der Waals surface area contributed by atoms with Gasteiger partial charge in [0, 0.05) is 53.9 Å². The summed E-state index contributed by atoms with van der Waals surface area (Å²) in [4.78, 5) is 22.6. The van der Waals surface area contributed by atoms with Gasteiger partial charge in [0.1, 0.15) is 0 Å². The lowest BCUT2D eigenvalue weighted by Crippen LogP contribution is -2.49. The first-order chi connectivity index (χ1) is 16.7. The number of anilines is 1. The second-order valence-electron chi connectivity index (χ2n) is 10.0. The Morgan fingerprint density at radius 3 is 2.76 bits per heavy atom. The van der Waals surface area contributed by atoms with Crippen LogP contribution < -0.4 is 5.43 Å². The fourth-order valence-electron chi connectivity index (χ4n) is 5.67. The van der Waals surface area contributed by atoms with E-state index in [1.54, 1.807) is 11.3 Å². The van der Waals surface area contributed by atoms with Gasteiger partial charge < -0.3 is 9.88 Å². The Kier molecular flexibility index (Phi) is 6.14. The first-order valence-electron chi connectivity index (χ1n) is 12.8. The number of fused-ring (bicyclic) bond motifs is 2. The standard InChI is InChI=1S/C27H33N5OS/c33-27(32-13-11-31(12-14-32)10-8-19-4-2-1-3-5-19)21-7-6-20-16-24(28-23(20)17-21)25-18-26-22(29-30-25)9-15-34-26/h6-7,9,15-17,19,28-29H,1-5,8,10-14,18H2. The number of hydrogen-bond donors (Lipinski definition) is 2. The molecule has 0 bridgehead atoms. The highest BCUT2D eigenvalue weighted by Gasteiger charge is 2.24. The molecule has 1 amide bonds. The molecule has 3 aliphatic rings. The number of nitrogens with one attached hydrogen (secondary N) is 2. The average molecular weight is 476 g/mol. The Labute approximate surface area is 205 Å². The maximum atomic E-state index is 13.2. The lowest BCUT2D eigenvalue weighted by molar-refractivity contribution is 0.0627. The van der Waals surface area contributed by atoms with Gasteiger partial charge in [-0.05, 0) is 48.5 Å². The molecule has 0 radical (unpaired) electrons. The van der Waals surface area contributed by atoms with Crippen molar-refractivity contribution in [2.75, 3.05) is 38.1 Å². The monoisotopic (exact) mass is 475 g/mol. The van der Waals surface area contributed by atoms with E-state index in [4.69, 9.17) is 0 Å². The van der Waals surface area contributed by atoms with Crippen LogP contribution in [0.2, 0.25) is 0 Å². The van der Waals surface area contributed by atoms with Crippen molar-refractivity contribution in [2.24, 2.45) is 11.0 Å². The van der Waals surface area contributed by atoms with Gasteiger partial charge in [0.2, 0.25) is 0 Å². The third kappa shape index (κ3) is 4.51. The number of nitrogens with zero attached hydrogens (tertiary/aromatic N) is 3. The van der Waals surface area contributed by atoms with E-state index in [0.717, 1.165) is 72.1 Å². The molecule has 2 aliphatic heterocycles. The number of aromatic amines is 1. The second-order valence-corrected chi connectivity index (χ2v) is 11.0. The van der Waals surface area contributed by atoms with Gasteiger partial charge in [-0.3, -0.25) is 15.1 Å². The van der Waals surface area contributed by atoms with E-state index in [1.165, 1.54) is 49.9 Å². The van der Waals surface area contributed by atoms with E-state index in [1.807, 2.05) is 17.0 Å². The van der Waals surface area contributed by atoms with Gasteiger partial charge in [-0.1, -0.05) is 38.2 Å². The molecule has 1 aromatic carbocycles. The molecule has 0 atom stereocenters. The van der Waals surface area contributed by atoms with E-state index < -0.39 is 0 Å². The summed E-state index contributed by atoms with van der Waals surface area (Å²) in [5, 5.41) is 7.76. The van der Waals surface area contributed by atoms with Gasteiger partial charge in [0.05, 0.1) is 17.1 Å². The van der Waals surface area contributed by atoms with Crippen molar-refractivity contribution in [3.05, 3.63) is 51.8 Å². The lowest BCUT2D eigenvalue weighted by Gasteiger charge is -2.35. The van der Waals surface area contributed by atoms with E-state index in [-0.39, 0.29) is 5.91 Å². The van der Waals surface area contributed by atoms with Crippen LogP contribution in [-0.4, -0.2) is 59.1 Å². The molecular weight excluding hydrogens is 442 g/mol. The first-order valence-corrected chi connectivity index (χ1v) is 13.6. The quantitative estimate of drug-likeness (QED) is 0.524. The third-order valence-electron chi connectivity index (χ3n) is 7.80. The molecule has 2 aromatic heterocycles. The number of piperazine rings is 1. The van der Waals surface area contributed by atoms with Crippen LogP contribution in [-0.2, 0) is 6.42 Å². The van der Waals surface area contributed by atoms with Crippen molar-refractivity contribution in [2.45, 2.75) is 44.9 Å². The van der Waals surface area contributed by atoms with Gasteiger partial charge in [-0.2, -0.15) is 5.10 Å². The fraction of sp³-hybridized carbons (Fsp3) is 0.481. The van der Waals surface area contributed by atoms with Crippen LogP contribution in [0, 0.1) is 5.92 Å². The number of benzene rings is 1. The predicted molar refractivity (Wildman–Crippen MR) is 140 cm³/mol. The molecular formula is C27H33N5OS. The van der Waals surface area contributed by atoms with Crippen LogP contribution in [0.5, 0.6) is 0 Å². The van der Waals surface area contributed by atoms with Gasteiger partial charge in [-0.25, -0.2) is 0 Å². The Morgan fingerprint density at radius 1 is 1.06 bits per heavy atom. The third-order valence-corrected chi connectivity index (χ3v) is 8.72. The fourth-order valence-corrected chi connectivity index (χ4v) is 6.49. The van der Waals surface area contributed by atoms with Crippen molar-refractivity contribution in [1.82, 2.24) is 14.8 Å². The minimum atomic E-state index is 0.143. The van der Waals surface area contributed by atoms with E-state index >= 15 is 0 Å². The molecule has 6 rings (SSSR count). The number of carbonyl (C=O) groups excluding carboxylic acids is 1. The smallest absolute Gasteiger partial charge is 0.254 e. The van der Waals surface area contributed by atoms with Gasteiger partial charge in [0.15, 0.2) is 0 Å². The van der Waals surface area contributed by atoms with Crippen LogP contribution in [0.1, 0.15) is 59.5 Å². The molecule has 6 nitrogen and oxygen atoms in total. The van der Waals surface area contributed by atoms with Crippen LogP contribution in [0.15, 0.2) is 40.8 Å². The zero-order chi connectivity index (χ0) is 22.9. The van der Waals surface area contributed by atoms with Crippen LogP contribution in [0.25, 0.3) is 10.9 Å². The van der Waals surface area contributed by atoms with Gasteiger partial charge in [-0.15, -0.1) is 11.3 Å². The number of rotatable bonds is 5. The topological polar surface area (TPSA) is 63.7 Å². The summed E-state index contributed by atoms with van der Waals surface area (Å²) in [5.74, 6) is 1.07. The summed E-state index contributed by atoms with van der Waals surface area (Å²) in [6.45, 7) is 4.82. The molecule has 1 aliphatic carbocycles. The Bertz CT molecular complexity index is 1200. The van der Waals surface area contributed by atoms with Crippen molar-refractivity contribution in [3.8, 4) is 0 Å². The first kappa shape index (κ1) is 21.9. The molecule has 1 saturated heterocycles. The summed E-state index contributed by atoms with van der Waals surface area (Å²) in [6, 6.07) is 10.2. The second kappa shape index (κ2) is 9.55. The minimum Gasteiger partial charge on any atom is -0.353 e. The van der Waals surface area contributed by atoms with Gasteiger partial charge >= 0.3 is 0 Å². The number of hydrazone groups is 1. The number of hydrogen-bond acceptors (Lipinski definition) is 5. The van der Waals surface area contributed by atoms with Crippen molar-refractivity contribution in [1.29, 1.82) is 0 Å². The van der Waals surface area contributed by atoms with E-state index in [9.17, 15) is 4.79 Å². The van der Waals surface area contributed by atoms with Crippen LogP contribution in [0.3, 0.4) is 0 Å². The molecule has 1 saturated carbocycles. The maximum Gasteiger partial charge on any atom is 0.254 e. The highest BCUT2D eigenvalue weighted by molar-refractivity contribution is 7.10. The summed E-state index contributed by atoms with van der Waals surface area (Å²) in [6.07, 6.45) is 9.24. The molecule has 178 valence electrons. The Morgan fingerprint density at radius 2 is 1.91 bits per heavy atom. The predicted octanol–water partition coefficient (Wildman–Crippen LogP) is 5.33. The van der Waals surface area contributed by atoms with E-state index in [2.05, 4.69) is 44.0 Å². The Hall–Kier alpha value is -2.64.